The Labute approximate surface area is 174 Å². The number of fused-ring (bicyclic) bond motifs is 1. The summed E-state index contributed by atoms with van der Waals surface area (Å²) < 4.78 is 5.44. The van der Waals surface area contributed by atoms with Gasteiger partial charge in [-0.2, -0.15) is 0 Å². The normalized spacial score (nSPS) is 20.2. The van der Waals surface area contributed by atoms with Gasteiger partial charge in [-0.3, -0.25) is 9.69 Å². The lowest BCUT2D eigenvalue weighted by atomic mass is 9.90. The predicted octanol–water partition coefficient (Wildman–Crippen LogP) is 4.01. The molecule has 3 heterocycles. The lowest BCUT2D eigenvalue weighted by molar-refractivity contribution is -0.133. The second-order valence-electron chi connectivity index (χ2n) is 8.67. The summed E-state index contributed by atoms with van der Waals surface area (Å²) in [7, 11) is 0. The summed E-state index contributed by atoms with van der Waals surface area (Å²) >= 11 is 0. The van der Waals surface area contributed by atoms with Gasteiger partial charge in [0.25, 0.3) is 0 Å². The van der Waals surface area contributed by atoms with E-state index in [2.05, 4.69) is 52.2 Å². The van der Waals surface area contributed by atoms with Crippen molar-refractivity contribution in [3.8, 4) is 0 Å². The fourth-order valence-electron chi connectivity index (χ4n) is 4.91. The van der Waals surface area contributed by atoms with Crippen molar-refractivity contribution in [2.45, 2.75) is 44.9 Å². The van der Waals surface area contributed by atoms with Crippen molar-refractivity contribution < 1.29 is 9.53 Å². The Morgan fingerprint density at radius 1 is 1.17 bits per heavy atom. The predicted molar refractivity (Wildman–Crippen MR) is 117 cm³/mol. The molecule has 0 spiro atoms. The highest BCUT2D eigenvalue weighted by molar-refractivity contribution is 5.85. The number of para-hydroxylation sites is 1. The van der Waals surface area contributed by atoms with Gasteiger partial charge >= 0.3 is 0 Å². The van der Waals surface area contributed by atoms with Crippen molar-refractivity contribution in [3.05, 3.63) is 36.0 Å². The molecule has 1 N–H and O–H groups in total. The number of H-pyrrole nitrogens is 1. The SMILES string of the molecule is CCC(CC(=O)N1CCC(CCN2CCOCC2)CC1)c1c[nH]c2ccccc12. The van der Waals surface area contributed by atoms with Crippen LogP contribution in [0.3, 0.4) is 0 Å². The largest absolute Gasteiger partial charge is 0.379 e. The number of ether oxygens (including phenoxy) is 1. The van der Waals surface area contributed by atoms with E-state index in [0.29, 0.717) is 12.3 Å². The Bertz CT molecular complexity index is 788. The number of likely N-dealkylation sites (tertiary alicyclic amines) is 1. The number of nitrogens with zero attached hydrogens (tertiary/aromatic N) is 2. The van der Waals surface area contributed by atoms with Gasteiger partial charge in [-0.05, 0) is 55.7 Å². The molecule has 1 amide bonds. The van der Waals surface area contributed by atoms with E-state index >= 15 is 0 Å². The summed E-state index contributed by atoms with van der Waals surface area (Å²) in [5.74, 6) is 1.38. The molecule has 5 nitrogen and oxygen atoms in total. The number of carbonyl (C=O) groups excluding carboxylic acids is 1. The fraction of sp³-hybridized carbons (Fsp3) is 0.625. The van der Waals surface area contributed by atoms with E-state index in [1.807, 2.05) is 0 Å². The molecule has 2 aromatic rings. The molecule has 4 rings (SSSR count). The number of rotatable bonds is 7. The van der Waals surface area contributed by atoms with Gasteiger partial charge < -0.3 is 14.6 Å². The van der Waals surface area contributed by atoms with Crippen molar-refractivity contribution in [1.82, 2.24) is 14.8 Å². The van der Waals surface area contributed by atoms with Crippen molar-refractivity contribution in [2.75, 3.05) is 45.9 Å². The maximum Gasteiger partial charge on any atom is 0.223 e. The smallest absolute Gasteiger partial charge is 0.223 e. The minimum Gasteiger partial charge on any atom is -0.379 e. The fourth-order valence-corrected chi connectivity index (χ4v) is 4.91. The molecule has 5 heteroatoms. The zero-order valence-electron chi connectivity index (χ0n) is 17.7. The van der Waals surface area contributed by atoms with Gasteiger partial charge in [0.15, 0.2) is 0 Å². The van der Waals surface area contributed by atoms with E-state index in [1.165, 1.54) is 23.9 Å². The topological polar surface area (TPSA) is 48.6 Å². The maximum atomic E-state index is 13.0. The summed E-state index contributed by atoms with van der Waals surface area (Å²) in [6.07, 6.45) is 7.28. The molecule has 0 bridgehead atoms. The first-order chi connectivity index (χ1) is 14.2. The van der Waals surface area contributed by atoms with E-state index in [0.717, 1.165) is 70.1 Å². The zero-order valence-corrected chi connectivity index (χ0v) is 17.7. The van der Waals surface area contributed by atoms with Crippen LogP contribution in [0.2, 0.25) is 0 Å². The molecule has 0 radical (unpaired) electrons. The Kier molecular flexibility index (Phi) is 6.88. The molecule has 2 saturated heterocycles. The van der Waals surface area contributed by atoms with E-state index < -0.39 is 0 Å². The third-order valence-corrected chi connectivity index (χ3v) is 6.90. The molecule has 2 fully saturated rings. The van der Waals surface area contributed by atoms with Gasteiger partial charge in [0.2, 0.25) is 5.91 Å². The Hall–Kier alpha value is -1.85. The van der Waals surface area contributed by atoms with Crippen molar-refractivity contribution in [3.63, 3.8) is 0 Å². The lowest BCUT2D eigenvalue weighted by Gasteiger charge is -2.34. The van der Waals surface area contributed by atoms with Crippen LogP contribution in [0.5, 0.6) is 0 Å². The van der Waals surface area contributed by atoms with E-state index in [4.69, 9.17) is 4.74 Å². The minimum atomic E-state index is 0.290. The molecule has 1 unspecified atom stereocenters. The average Bonchev–Trinajstić information content (AvgIpc) is 3.21. The second-order valence-corrected chi connectivity index (χ2v) is 8.67. The first-order valence-corrected chi connectivity index (χ1v) is 11.4. The number of hydrogen-bond donors (Lipinski definition) is 1. The molecule has 1 aromatic carbocycles. The van der Waals surface area contributed by atoms with Crippen LogP contribution < -0.4 is 0 Å². The molecule has 2 aliphatic rings. The Morgan fingerprint density at radius 3 is 2.69 bits per heavy atom. The molecule has 1 atom stereocenters. The molecular formula is C24H35N3O2. The van der Waals surface area contributed by atoms with Gasteiger partial charge in [0.05, 0.1) is 13.2 Å². The van der Waals surface area contributed by atoms with Crippen LogP contribution in [0.15, 0.2) is 30.5 Å². The number of amides is 1. The third kappa shape index (κ3) is 5.01. The quantitative estimate of drug-likeness (QED) is 0.768. The van der Waals surface area contributed by atoms with E-state index in [9.17, 15) is 4.79 Å². The number of piperidine rings is 1. The van der Waals surface area contributed by atoms with E-state index in [1.54, 1.807) is 0 Å². The van der Waals surface area contributed by atoms with Crippen LogP contribution in [0.4, 0.5) is 0 Å². The monoisotopic (exact) mass is 397 g/mol. The van der Waals surface area contributed by atoms with Gasteiger partial charge in [0.1, 0.15) is 0 Å². The molecule has 1 aromatic heterocycles. The number of morpholine rings is 1. The highest BCUT2D eigenvalue weighted by Gasteiger charge is 2.26. The molecule has 158 valence electrons. The van der Waals surface area contributed by atoms with Crippen molar-refractivity contribution in [2.24, 2.45) is 5.92 Å². The summed E-state index contributed by atoms with van der Waals surface area (Å²) in [5, 5.41) is 1.26. The maximum absolute atomic E-state index is 13.0. The van der Waals surface area contributed by atoms with Gasteiger partial charge in [-0.25, -0.2) is 0 Å². The first kappa shape index (κ1) is 20.4. The average molecular weight is 398 g/mol. The van der Waals surface area contributed by atoms with Gasteiger partial charge in [-0.15, -0.1) is 0 Å². The standard InChI is InChI=1S/C24H35N3O2/c1-2-20(22-18-25-23-6-4-3-5-21(22)23)17-24(28)27-11-8-19(9-12-27)7-10-26-13-15-29-16-14-26/h3-6,18-20,25H,2,7-17H2,1H3. The highest BCUT2D eigenvalue weighted by atomic mass is 16.5. The van der Waals surface area contributed by atoms with Crippen LogP contribution in [0, 0.1) is 5.92 Å². The summed E-state index contributed by atoms with van der Waals surface area (Å²) in [5.41, 5.74) is 2.45. The molecule has 29 heavy (non-hydrogen) atoms. The van der Waals surface area contributed by atoms with E-state index in [-0.39, 0.29) is 5.92 Å². The summed E-state index contributed by atoms with van der Waals surface area (Å²) in [4.78, 5) is 21.0. The molecule has 0 saturated carbocycles. The number of nitrogens with one attached hydrogen (secondary N) is 1. The third-order valence-electron chi connectivity index (χ3n) is 6.90. The first-order valence-electron chi connectivity index (χ1n) is 11.4. The second kappa shape index (κ2) is 9.77. The number of carbonyl (C=O) groups is 1. The van der Waals surface area contributed by atoms with Crippen LogP contribution in [-0.4, -0.2) is 66.6 Å². The minimum absolute atomic E-state index is 0.290. The van der Waals surface area contributed by atoms with Crippen LogP contribution >= 0.6 is 0 Å². The van der Waals surface area contributed by atoms with Crippen molar-refractivity contribution in [1.29, 1.82) is 0 Å². The summed E-state index contributed by atoms with van der Waals surface area (Å²) in [6, 6.07) is 8.40. The lowest BCUT2D eigenvalue weighted by Crippen LogP contribution is -2.41. The van der Waals surface area contributed by atoms with Crippen molar-refractivity contribution >= 4 is 16.8 Å². The molecule has 2 aliphatic heterocycles. The zero-order chi connectivity index (χ0) is 20.1. The molecular weight excluding hydrogens is 362 g/mol. The Balaban J connectivity index is 1.26. The molecule has 0 aliphatic carbocycles. The van der Waals surface area contributed by atoms with Gasteiger partial charge in [0, 0.05) is 49.7 Å². The number of aromatic amines is 1. The van der Waals surface area contributed by atoms with Crippen LogP contribution in [0.1, 0.15) is 50.5 Å². The summed E-state index contributed by atoms with van der Waals surface area (Å²) in [6.45, 7) is 9.13. The van der Waals surface area contributed by atoms with Crippen LogP contribution in [-0.2, 0) is 9.53 Å². The highest BCUT2D eigenvalue weighted by Crippen LogP contribution is 2.31. The van der Waals surface area contributed by atoms with Crippen LogP contribution in [0.25, 0.3) is 10.9 Å². The number of benzene rings is 1. The van der Waals surface area contributed by atoms with Gasteiger partial charge in [-0.1, -0.05) is 25.1 Å². The number of hydrogen-bond acceptors (Lipinski definition) is 3. The number of aromatic nitrogens is 1. The Morgan fingerprint density at radius 2 is 1.93 bits per heavy atom.